The molecule has 2 N–H and O–H groups in total. The quantitative estimate of drug-likeness (QED) is 0.557. The van der Waals surface area contributed by atoms with E-state index in [1.165, 1.54) is 11.1 Å². The molecule has 0 amide bonds. The smallest absolute Gasteiger partial charge is 0.119 e. The number of phenolic OH excluding ortho intramolecular Hbond substituents is 1. The zero-order chi connectivity index (χ0) is 19.8. The molecule has 0 aliphatic heterocycles. The Bertz CT molecular complexity index is 680. The Morgan fingerprint density at radius 1 is 0.929 bits per heavy atom. The normalized spacial score (nSPS) is 12.4. The van der Waals surface area contributed by atoms with E-state index in [4.69, 9.17) is 5.11 Å². The lowest BCUT2D eigenvalue weighted by Gasteiger charge is -2.32. The number of phenols is 1. The minimum absolute atomic E-state index is 0. The maximum absolute atomic E-state index is 10.6. The van der Waals surface area contributed by atoms with Gasteiger partial charge in [-0.1, -0.05) is 42.5 Å². The molecule has 3 nitrogen and oxygen atoms in total. The minimum Gasteiger partial charge on any atom is -0.508 e. The summed E-state index contributed by atoms with van der Waals surface area (Å²) in [6.45, 7) is 10.1. The van der Waals surface area contributed by atoms with Crippen LogP contribution in [0.15, 0.2) is 48.5 Å². The summed E-state index contributed by atoms with van der Waals surface area (Å²) >= 11 is 0. The molecule has 0 bridgehead atoms. The second kappa shape index (κ2) is 12.1. The summed E-state index contributed by atoms with van der Waals surface area (Å²) in [5.74, 6) is 0.512. The molecule has 2 rings (SSSR count). The third kappa shape index (κ3) is 6.80. The molecule has 0 aliphatic rings. The fourth-order valence-electron chi connectivity index (χ4n) is 3.90. The molecule has 0 spiro atoms. The van der Waals surface area contributed by atoms with E-state index in [1.807, 2.05) is 12.1 Å². The molecule has 0 fully saturated rings. The highest BCUT2D eigenvalue weighted by atomic mass is 35.5. The topological polar surface area (TPSA) is 43.7 Å². The van der Waals surface area contributed by atoms with Gasteiger partial charge in [0.05, 0.1) is 0 Å². The Labute approximate surface area is 176 Å². The van der Waals surface area contributed by atoms with E-state index in [-0.39, 0.29) is 24.9 Å². The van der Waals surface area contributed by atoms with Gasteiger partial charge in [-0.05, 0) is 70.7 Å². The number of hydrogen-bond donors (Lipinski definition) is 2. The summed E-state index contributed by atoms with van der Waals surface area (Å²) in [5, 5.41) is 19.7. The highest BCUT2D eigenvalue weighted by Crippen LogP contribution is 2.35. The molecule has 2 aromatic carbocycles. The van der Waals surface area contributed by atoms with Gasteiger partial charge in [0, 0.05) is 30.2 Å². The Morgan fingerprint density at radius 2 is 1.57 bits per heavy atom. The van der Waals surface area contributed by atoms with E-state index < -0.39 is 0 Å². The standard InChI is InChI=1S/C24H35NO2.ClH/c1-18(2)25(19(3)4)15-14-22(21-10-6-5-7-11-21)23-17-20(9-8-16-26)12-13-24(23)27;/h5-7,10-13,17-19,22,26-27H,8-9,14-16H2,1-4H3;1H/t22-;/m1./s1. The molecule has 0 aromatic heterocycles. The van der Waals surface area contributed by atoms with Gasteiger partial charge in [0.2, 0.25) is 0 Å². The zero-order valence-electron chi connectivity index (χ0n) is 17.6. The number of benzene rings is 2. The van der Waals surface area contributed by atoms with Crippen molar-refractivity contribution in [3.05, 3.63) is 65.2 Å². The van der Waals surface area contributed by atoms with E-state index in [0.717, 1.165) is 31.4 Å². The number of aliphatic hydroxyl groups is 1. The van der Waals surface area contributed by atoms with Gasteiger partial charge in [-0.25, -0.2) is 0 Å². The van der Waals surface area contributed by atoms with Crippen LogP contribution in [-0.2, 0) is 6.42 Å². The molecule has 28 heavy (non-hydrogen) atoms. The maximum Gasteiger partial charge on any atom is 0.119 e. The minimum atomic E-state index is 0. The van der Waals surface area contributed by atoms with Crippen LogP contribution in [0.4, 0.5) is 0 Å². The zero-order valence-corrected chi connectivity index (χ0v) is 18.5. The van der Waals surface area contributed by atoms with E-state index in [2.05, 4.69) is 62.9 Å². The Morgan fingerprint density at radius 3 is 2.14 bits per heavy atom. The summed E-state index contributed by atoms with van der Waals surface area (Å²) in [5.41, 5.74) is 3.39. The molecule has 2 aromatic rings. The molecule has 0 aliphatic carbocycles. The van der Waals surface area contributed by atoms with Gasteiger partial charge in [0.1, 0.15) is 5.75 Å². The average Bonchev–Trinajstić information content (AvgIpc) is 2.65. The van der Waals surface area contributed by atoms with Gasteiger partial charge in [-0.3, -0.25) is 4.90 Å². The van der Waals surface area contributed by atoms with Crippen LogP contribution in [0.2, 0.25) is 0 Å². The number of aromatic hydroxyl groups is 1. The van der Waals surface area contributed by atoms with Crippen molar-refractivity contribution in [2.75, 3.05) is 13.2 Å². The van der Waals surface area contributed by atoms with Crippen LogP contribution < -0.4 is 0 Å². The lowest BCUT2D eigenvalue weighted by Crippen LogP contribution is -2.38. The number of halogens is 1. The van der Waals surface area contributed by atoms with Gasteiger partial charge in [0.25, 0.3) is 0 Å². The van der Waals surface area contributed by atoms with Crippen LogP contribution >= 0.6 is 12.4 Å². The lowest BCUT2D eigenvalue weighted by atomic mass is 9.86. The van der Waals surface area contributed by atoms with Gasteiger partial charge >= 0.3 is 0 Å². The fourth-order valence-corrected chi connectivity index (χ4v) is 3.90. The summed E-state index contributed by atoms with van der Waals surface area (Å²) in [4.78, 5) is 2.50. The van der Waals surface area contributed by atoms with Crippen molar-refractivity contribution in [2.45, 2.75) is 65.0 Å². The van der Waals surface area contributed by atoms with Crippen molar-refractivity contribution in [2.24, 2.45) is 0 Å². The number of aliphatic hydroxyl groups excluding tert-OH is 1. The number of hydrogen-bond acceptors (Lipinski definition) is 3. The SMILES string of the molecule is CC(C)N(CC[C@H](c1ccccc1)c1cc(CCCO)ccc1O)C(C)C.Cl. The first-order chi connectivity index (χ1) is 12.9. The predicted molar refractivity (Wildman–Crippen MR) is 121 cm³/mol. The van der Waals surface area contributed by atoms with Crippen LogP contribution in [0.1, 0.15) is 63.1 Å². The van der Waals surface area contributed by atoms with E-state index >= 15 is 0 Å². The Hall–Kier alpha value is -1.55. The van der Waals surface area contributed by atoms with Crippen LogP contribution in [0.5, 0.6) is 5.75 Å². The van der Waals surface area contributed by atoms with E-state index in [0.29, 0.717) is 17.8 Å². The van der Waals surface area contributed by atoms with Crippen molar-refractivity contribution in [3.63, 3.8) is 0 Å². The largest absolute Gasteiger partial charge is 0.508 e. The maximum atomic E-state index is 10.6. The van der Waals surface area contributed by atoms with Crippen LogP contribution in [0.25, 0.3) is 0 Å². The van der Waals surface area contributed by atoms with Crippen LogP contribution in [0.3, 0.4) is 0 Å². The molecule has 156 valence electrons. The molecule has 0 saturated heterocycles. The summed E-state index contributed by atoms with van der Waals surface area (Å²) in [6, 6.07) is 17.3. The predicted octanol–water partition coefficient (Wildman–Crippen LogP) is 5.38. The highest BCUT2D eigenvalue weighted by molar-refractivity contribution is 5.85. The van der Waals surface area contributed by atoms with Crippen LogP contribution in [-0.4, -0.2) is 40.3 Å². The molecule has 0 heterocycles. The number of nitrogens with zero attached hydrogens (tertiary/aromatic N) is 1. The number of aryl methyl sites for hydroxylation is 1. The molecule has 0 radical (unpaired) electrons. The van der Waals surface area contributed by atoms with Gasteiger partial charge in [-0.15, -0.1) is 12.4 Å². The third-order valence-electron chi connectivity index (χ3n) is 5.30. The number of rotatable bonds is 10. The molecule has 0 unspecified atom stereocenters. The Balaban J connectivity index is 0.00000392. The summed E-state index contributed by atoms with van der Waals surface area (Å²) in [7, 11) is 0. The van der Waals surface area contributed by atoms with Crippen LogP contribution in [0, 0.1) is 0 Å². The molecule has 4 heteroatoms. The second-order valence-corrected chi connectivity index (χ2v) is 7.90. The molecule has 1 atom stereocenters. The van der Waals surface area contributed by atoms with Gasteiger partial charge in [-0.2, -0.15) is 0 Å². The highest BCUT2D eigenvalue weighted by Gasteiger charge is 2.21. The van der Waals surface area contributed by atoms with E-state index in [9.17, 15) is 5.11 Å². The van der Waals surface area contributed by atoms with Crippen molar-refractivity contribution < 1.29 is 10.2 Å². The molecular weight excluding hydrogens is 370 g/mol. The molecular formula is C24H36ClNO2. The van der Waals surface area contributed by atoms with E-state index in [1.54, 1.807) is 6.07 Å². The first-order valence-corrected chi connectivity index (χ1v) is 10.2. The third-order valence-corrected chi connectivity index (χ3v) is 5.30. The Kier molecular flexibility index (Phi) is 10.6. The molecule has 0 saturated carbocycles. The monoisotopic (exact) mass is 405 g/mol. The lowest BCUT2D eigenvalue weighted by molar-refractivity contribution is 0.170. The van der Waals surface area contributed by atoms with Gasteiger partial charge < -0.3 is 10.2 Å². The summed E-state index contributed by atoms with van der Waals surface area (Å²) < 4.78 is 0. The van der Waals surface area contributed by atoms with Crippen molar-refractivity contribution in [1.29, 1.82) is 0 Å². The fraction of sp³-hybridized carbons (Fsp3) is 0.500. The second-order valence-electron chi connectivity index (χ2n) is 7.90. The van der Waals surface area contributed by atoms with Crippen molar-refractivity contribution in [3.8, 4) is 5.75 Å². The summed E-state index contributed by atoms with van der Waals surface area (Å²) in [6.07, 6.45) is 2.53. The van der Waals surface area contributed by atoms with Crippen molar-refractivity contribution >= 4 is 12.4 Å². The first-order valence-electron chi connectivity index (χ1n) is 10.2. The average molecular weight is 406 g/mol. The van der Waals surface area contributed by atoms with Crippen molar-refractivity contribution in [1.82, 2.24) is 4.90 Å². The van der Waals surface area contributed by atoms with Gasteiger partial charge in [0.15, 0.2) is 0 Å². The first kappa shape index (κ1) is 24.5.